The normalized spacial score (nSPS) is 13.2. The number of hydrogen-bond acceptors (Lipinski definition) is 6. The Bertz CT molecular complexity index is 643. The van der Waals surface area contributed by atoms with E-state index in [1.807, 2.05) is 0 Å². The first-order valence-electron chi connectivity index (χ1n) is 7.04. The van der Waals surface area contributed by atoms with E-state index in [9.17, 15) is 15.3 Å². The lowest BCUT2D eigenvalue weighted by Crippen LogP contribution is -2.29. The number of aliphatic hydroxyl groups excluding tert-OH is 2. The average molecular weight is 319 g/mol. The highest BCUT2D eigenvalue weighted by Crippen LogP contribution is 2.32. The number of para-hydroxylation sites is 2. The fourth-order valence-corrected chi connectivity index (χ4v) is 2.16. The zero-order valence-electron chi connectivity index (χ0n) is 12.9. The van der Waals surface area contributed by atoms with Crippen LogP contribution in [0.25, 0.3) is 0 Å². The summed E-state index contributed by atoms with van der Waals surface area (Å²) in [5, 5.41) is 31.5. The van der Waals surface area contributed by atoms with Gasteiger partial charge in [-0.15, -0.1) is 0 Å². The Labute approximate surface area is 134 Å². The van der Waals surface area contributed by atoms with Crippen LogP contribution in [0.3, 0.4) is 0 Å². The zero-order chi connectivity index (χ0) is 16.8. The minimum Gasteiger partial charge on any atom is -0.870 e. The second-order valence-corrected chi connectivity index (χ2v) is 4.84. The van der Waals surface area contributed by atoms with E-state index >= 15 is 0 Å². The second-order valence-electron chi connectivity index (χ2n) is 4.84. The van der Waals surface area contributed by atoms with Crippen molar-refractivity contribution in [1.82, 2.24) is 0 Å². The van der Waals surface area contributed by atoms with Crippen molar-refractivity contribution in [3.8, 4) is 23.0 Å². The number of benzene rings is 2. The van der Waals surface area contributed by atoms with Crippen LogP contribution in [-0.4, -0.2) is 37.1 Å². The molecule has 2 atom stereocenters. The summed E-state index contributed by atoms with van der Waals surface area (Å²) in [5.41, 5.74) is 0.412. The first-order chi connectivity index (χ1) is 11.1. The topological polar surface area (TPSA) is 91.2 Å². The smallest absolute Gasteiger partial charge is 0.161 e. The van der Waals surface area contributed by atoms with Gasteiger partial charge < -0.3 is 29.5 Å². The third kappa shape index (κ3) is 3.85. The molecular formula is C17H19O6-. The quantitative estimate of drug-likeness (QED) is 0.798. The molecule has 2 aromatic carbocycles. The fourth-order valence-electron chi connectivity index (χ4n) is 2.16. The Morgan fingerprint density at radius 3 is 2.26 bits per heavy atom. The van der Waals surface area contributed by atoms with E-state index in [2.05, 4.69) is 0 Å². The van der Waals surface area contributed by atoms with E-state index < -0.39 is 18.8 Å². The molecule has 0 amide bonds. The Hall–Kier alpha value is -2.44. The third-order valence-electron chi connectivity index (χ3n) is 3.41. The molecule has 2 aromatic rings. The maximum Gasteiger partial charge on any atom is 0.161 e. The van der Waals surface area contributed by atoms with Crippen LogP contribution in [0.2, 0.25) is 0 Å². The number of methoxy groups -OCH3 is 2. The highest BCUT2D eigenvalue weighted by atomic mass is 16.5. The molecule has 0 spiro atoms. The van der Waals surface area contributed by atoms with Crippen molar-refractivity contribution in [2.45, 2.75) is 12.2 Å². The monoisotopic (exact) mass is 319 g/mol. The van der Waals surface area contributed by atoms with Gasteiger partial charge in [0.05, 0.1) is 20.8 Å². The zero-order valence-corrected chi connectivity index (χ0v) is 12.9. The van der Waals surface area contributed by atoms with Gasteiger partial charge in [0.25, 0.3) is 0 Å². The van der Waals surface area contributed by atoms with Crippen LogP contribution in [0, 0.1) is 0 Å². The lowest BCUT2D eigenvalue weighted by molar-refractivity contribution is -0.270. The minimum absolute atomic E-state index is 0.121. The Morgan fingerprint density at radius 1 is 1.00 bits per heavy atom. The lowest BCUT2D eigenvalue weighted by Gasteiger charge is -2.24. The molecular weight excluding hydrogens is 300 g/mol. The Balaban J connectivity index is 2.23. The molecule has 0 aliphatic heterocycles. The molecule has 6 nitrogen and oxygen atoms in total. The molecule has 0 bridgehead atoms. The van der Waals surface area contributed by atoms with Crippen LogP contribution < -0.4 is 19.3 Å². The summed E-state index contributed by atoms with van der Waals surface area (Å²) in [6, 6.07) is 11.1. The summed E-state index contributed by atoms with van der Waals surface area (Å²) in [6.45, 7) is -0.416. The van der Waals surface area contributed by atoms with Crippen molar-refractivity contribution in [3.63, 3.8) is 0 Å². The standard InChI is InChI=1S/C17H20O6/c1-21-13-5-3-4-6-14(13)23-16(10-18)17(20)11-7-8-12(19)15(9-11)22-2/h3-9,16-20H,10H2,1-2H3/p-1. The summed E-state index contributed by atoms with van der Waals surface area (Å²) >= 11 is 0. The molecule has 0 fully saturated rings. The van der Waals surface area contributed by atoms with Crippen molar-refractivity contribution in [1.29, 1.82) is 0 Å². The van der Waals surface area contributed by atoms with Gasteiger partial charge >= 0.3 is 0 Å². The number of aliphatic hydroxyl groups is 2. The molecule has 6 heteroatoms. The van der Waals surface area contributed by atoms with Crippen LogP contribution in [0.4, 0.5) is 0 Å². The van der Waals surface area contributed by atoms with E-state index in [4.69, 9.17) is 14.2 Å². The van der Waals surface area contributed by atoms with Gasteiger partial charge in [-0.2, -0.15) is 0 Å². The van der Waals surface area contributed by atoms with E-state index in [0.29, 0.717) is 17.1 Å². The summed E-state index contributed by atoms with van der Waals surface area (Å²) in [7, 11) is 2.88. The van der Waals surface area contributed by atoms with E-state index in [0.717, 1.165) is 0 Å². The van der Waals surface area contributed by atoms with Crippen LogP contribution in [0.15, 0.2) is 42.5 Å². The molecule has 2 unspecified atom stereocenters. The lowest BCUT2D eigenvalue weighted by atomic mass is 10.0. The van der Waals surface area contributed by atoms with Crippen LogP contribution >= 0.6 is 0 Å². The molecule has 124 valence electrons. The van der Waals surface area contributed by atoms with Crippen molar-refractivity contribution in [3.05, 3.63) is 48.0 Å². The number of rotatable bonds is 7. The van der Waals surface area contributed by atoms with Crippen LogP contribution in [0.5, 0.6) is 23.0 Å². The van der Waals surface area contributed by atoms with Crippen molar-refractivity contribution >= 4 is 0 Å². The molecule has 0 radical (unpaired) electrons. The van der Waals surface area contributed by atoms with Crippen molar-refractivity contribution in [2.24, 2.45) is 0 Å². The van der Waals surface area contributed by atoms with Crippen LogP contribution in [0.1, 0.15) is 11.7 Å². The largest absolute Gasteiger partial charge is 0.870 e. The molecule has 2 rings (SSSR count). The first kappa shape index (κ1) is 16.9. The summed E-state index contributed by atoms with van der Waals surface area (Å²) < 4.78 is 15.8. The van der Waals surface area contributed by atoms with E-state index in [1.54, 1.807) is 24.3 Å². The predicted molar refractivity (Wildman–Crippen MR) is 81.9 cm³/mol. The first-order valence-corrected chi connectivity index (χ1v) is 7.04. The summed E-state index contributed by atoms with van der Waals surface area (Å²) in [4.78, 5) is 0. The average Bonchev–Trinajstić information content (AvgIpc) is 2.59. The maximum atomic E-state index is 11.5. The second kappa shape index (κ2) is 7.71. The molecule has 23 heavy (non-hydrogen) atoms. The Kier molecular flexibility index (Phi) is 5.67. The van der Waals surface area contributed by atoms with Gasteiger partial charge in [0.2, 0.25) is 0 Å². The SMILES string of the molecule is COc1cc(C(O)C(CO)Oc2ccccc2OC)ccc1[O-]. The molecule has 0 heterocycles. The summed E-state index contributed by atoms with van der Waals surface area (Å²) in [6.07, 6.45) is -2.06. The van der Waals surface area contributed by atoms with Gasteiger partial charge in [-0.1, -0.05) is 30.0 Å². The van der Waals surface area contributed by atoms with Gasteiger partial charge in [0, 0.05) is 0 Å². The highest BCUT2D eigenvalue weighted by molar-refractivity contribution is 5.42. The number of ether oxygens (including phenoxy) is 3. The van der Waals surface area contributed by atoms with E-state index in [-0.39, 0.29) is 11.5 Å². The third-order valence-corrected chi connectivity index (χ3v) is 3.41. The highest BCUT2D eigenvalue weighted by Gasteiger charge is 2.24. The van der Waals surface area contributed by atoms with Gasteiger partial charge in [0.1, 0.15) is 11.9 Å². The van der Waals surface area contributed by atoms with Gasteiger partial charge in [-0.05, 0) is 23.8 Å². The fraction of sp³-hybridized carbons (Fsp3) is 0.294. The minimum atomic E-state index is -1.14. The predicted octanol–water partition coefficient (Wildman–Crippen LogP) is 1.25. The molecule has 0 saturated heterocycles. The molecule has 0 aromatic heterocycles. The summed E-state index contributed by atoms with van der Waals surface area (Å²) in [5.74, 6) is 0.733. The molecule has 0 aliphatic rings. The van der Waals surface area contributed by atoms with Crippen molar-refractivity contribution < 1.29 is 29.5 Å². The van der Waals surface area contributed by atoms with Gasteiger partial charge in [-0.3, -0.25) is 0 Å². The molecule has 2 N–H and O–H groups in total. The van der Waals surface area contributed by atoms with E-state index in [1.165, 1.54) is 32.4 Å². The molecule has 0 saturated carbocycles. The van der Waals surface area contributed by atoms with Crippen molar-refractivity contribution in [2.75, 3.05) is 20.8 Å². The number of hydrogen-bond donors (Lipinski definition) is 2. The van der Waals surface area contributed by atoms with Gasteiger partial charge in [-0.25, -0.2) is 0 Å². The van der Waals surface area contributed by atoms with Gasteiger partial charge in [0.15, 0.2) is 17.6 Å². The maximum absolute atomic E-state index is 11.5. The molecule has 0 aliphatic carbocycles. The Morgan fingerprint density at radius 2 is 1.65 bits per heavy atom. The van der Waals surface area contributed by atoms with Crippen LogP contribution in [-0.2, 0) is 0 Å².